The Hall–Kier alpha value is -3.85. The molecule has 0 radical (unpaired) electrons. The van der Waals surface area contributed by atoms with Crippen molar-refractivity contribution >= 4 is 11.8 Å². The maximum absolute atomic E-state index is 13.6. The van der Waals surface area contributed by atoms with Crippen molar-refractivity contribution in [3.63, 3.8) is 0 Å². The molecule has 0 bridgehead atoms. The number of halogens is 1. The summed E-state index contributed by atoms with van der Waals surface area (Å²) in [5.74, 6) is -1.15. The summed E-state index contributed by atoms with van der Waals surface area (Å²) in [5, 5.41) is 4.72. The molecule has 8 nitrogen and oxygen atoms in total. The van der Waals surface area contributed by atoms with Crippen LogP contribution in [-0.4, -0.2) is 63.6 Å². The van der Waals surface area contributed by atoms with Crippen molar-refractivity contribution in [2.75, 3.05) is 27.2 Å². The van der Waals surface area contributed by atoms with Gasteiger partial charge in [-0.3, -0.25) is 19.3 Å². The molecule has 2 amide bonds. The van der Waals surface area contributed by atoms with E-state index < -0.39 is 11.9 Å². The van der Waals surface area contributed by atoms with E-state index in [4.69, 9.17) is 10.8 Å². The molecular weight excluding hydrogens is 423 g/mol. The normalized spacial score (nSPS) is 15.8. The lowest BCUT2D eigenvalue weighted by molar-refractivity contribution is -0.130. The molecule has 2 N–H and O–H groups in total. The fraction of sp³-hybridized carbons (Fsp3) is 0.250. The van der Waals surface area contributed by atoms with E-state index in [1.165, 1.54) is 18.2 Å². The molecule has 0 fully saturated rings. The van der Waals surface area contributed by atoms with Crippen molar-refractivity contribution in [2.45, 2.75) is 12.6 Å². The molecule has 0 unspecified atom stereocenters. The van der Waals surface area contributed by atoms with Crippen molar-refractivity contribution in [3.8, 4) is 22.4 Å². The van der Waals surface area contributed by atoms with Gasteiger partial charge in [-0.2, -0.15) is 5.10 Å². The average Bonchev–Trinajstić information content (AvgIpc) is 3.18. The summed E-state index contributed by atoms with van der Waals surface area (Å²) in [4.78, 5) is 32.9. The first kappa shape index (κ1) is 22.3. The molecule has 0 aliphatic carbocycles. The smallest absolute Gasteiger partial charge is 0.246 e. The van der Waals surface area contributed by atoms with Crippen LogP contribution in [0.2, 0.25) is 0 Å². The molecule has 1 atom stereocenters. The second kappa shape index (κ2) is 9.33. The SMILES string of the molecule is CN(C)C/C=C/C(=O)N1Cc2c(-c3ccncc3)c(-c3ccc(F)cc3)nn2[C@@H](C(N)=O)C1. The highest BCUT2D eigenvalue weighted by Crippen LogP contribution is 2.38. The summed E-state index contributed by atoms with van der Waals surface area (Å²) < 4.78 is 15.2. The van der Waals surface area contributed by atoms with E-state index in [1.807, 2.05) is 31.1 Å². The van der Waals surface area contributed by atoms with Gasteiger partial charge in [-0.05, 0) is 56.1 Å². The number of benzene rings is 1. The summed E-state index contributed by atoms with van der Waals surface area (Å²) in [6.07, 6.45) is 6.61. The second-order valence-corrected chi connectivity index (χ2v) is 8.16. The third kappa shape index (κ3) is 4.68. The van der Waals surface area contributed by atoms with Gasteiger partial charge in [0.05, 0.1) is 18.8 Å². The van der Waals surface area contributed by atoms with Crippen LogP contribution in [0.3, 0.4) is 0 Å². The predicted octanol–water partition coefficient (Wildman–Crippen LogP) is 2.24. The van der Waals surface area contributed by atoms with Crippen molar-refractivity contribution in [1.82, 2.24) is 24.6 Å². The Morgan fingerprint density at radius 3 is 2.48 bits per heavy atom. The van der Waals surface area contributed by atoms with Gasteiger partial charge < -0.3 is 15.5 Å². The Balaban J connectivity index is 1.83. The lowest BCUT2D eigenvalue weighted by Gasteiger charge is -2.32. The average molecular weight is 449 g/mol. The number of nitrogens with two attached hydrogens (primary N) is 1. The maximum atomic E-state index is 13.6. The van der Waals surface area contributed by atoms with Gasteiger partial charge in [-0.1, -0.05) is 6.08 Å². The van der Waals surface area contributed by atoms with Crippen molar-refractivity contribution in [1.29, 1.82) is 0 Å². The van der Waals surface area contributed by atoms with Gasteiger partial charge in [0.25, 0.3) is 0 Å². The van der Waals surface area contributed by atoms with Gasteiger partial charge in [0.1, 0.15) is 17.6 Å². The first-order valence-electron chi connectivity index (χ1n) is 10.5. The fourth-order valence-electron chi connectivity index (χ4n) is 3.89. The van der Waals surface area contributed by atoms with Crippen LogP contribution in [0.4, 0.5) is 4.39 Å². The summed E-state index contributed by atoms with van der Waals surface area (Å²) in [6.45, 7) is 0.988. The number of carbonyl (C=O) groups is 2. The summed E-state index contributed by atoms with van der Waals surface area (Å²) in [5.41, 5.74) is 9.26. The number of pyridine rings is 1. The van der Waals surface area contributed by atoms with Crippen LogP contribution in [0.15, 0.2) is 60.9 Å². The van der Waals surface area contributed by atoms with Crippen LogP contribution < -0.4 is 5.73 Å². The molecule has 3 aromatic rings. The number of hydrogen-bond acceptors (Lipinski definition) is 5. The lowest BCUT2D eigenvalue weighted by atomic mass is 9.98. The van der Waals surface area contributed by atoms with Crippen LogP contribution in [-0.2, 0) is 16.1 Å². The molecule has 1 aliphatic rings. The number of aromatic nitrogens is 3. The molecule has 170 valence electrons. The van der Waals surface area contributed by atoms with E-state index in [0.717, 1.165) is 11.1 Å². The van der Waals surface area contributed by atoms with E-state index in [0.29, 0.717) is 23.5 Å². The van der Waals surface area contributed by atoms with E-state index in [1.54, 1.807) is 40.2 Å². The Kier molecular flexibility index (Phi) is 6.32. The van der Waals surface area contributed by atoms with Crippen LogP contribution in [0.5, 0.6) is 0 Å². The van der Waals surface area contributed by atoms with Crippen LogP contribution in [0.25, 0.3) is 22.4 Å². The van der Waals surface area contributed by atoms with Crippen molar-refractivity contribution in [2.24, 2.45) is 5.73 Å². The van der Waals surface area contributed by atoms with E-state index in [-0.39, 0.29) is 24.8 Å². The molecule has 9 heteroatoms. The third-order valence-corrected chi connectivity index (χ3v) is 5.50. The standard InChI is InChI=1S/C24H25FN6O2/c1-29(2)13-3-4-21(32)30-14-19-22(16-9-11-27-12-10-16)23(17-5-7-18(25)8-6-17)28-31(19)20(15-30)24(26)33/h3-12,20H,13-15H2,1-2H3,(H2,26,33)/b4-3+/t20-/m1/s1. The first-order valence-corrected chi connectivity index (χ1v) is 10.5. The van der Waals surface area contributed by atoms with E-state index >= 15 is 0 Å². The summed E-state index contributed by atoms with van der Waals surface area (Å²) in [6, 6.07) is 8.85. The van der Waals surface area contributed by atoms with Crippen LogP contribution >= 0.6 is 0 Å². The minimum Gasteiger partial charge on any atom is -0.368 e. The zero-order valence-electron chi connectivity index (χ0n) is 18.5. The van der Waals surface area contributed by atoms with Gasteiger partial charge >= 0.3 is 0 Å². The van der Waals surface area contributed by atoms with Crippen LogP contribution in [0.1, 0.15) is 11.7 Å². The molecule has 33 heavy (non-hydrogen) atoms. The molecule has 2 aromatic heterocycles. The Bertz CT molecular complexity index is 1190. The van der Waals surface area contributed by atoms with Crippen LogP contribution in [0, 0.1) is 5.82 Å². The monoisotopic (exact) mass is 448 g/mol. The molecule has 1 aliphatic heterocycles. The predicted molar refractivity (Wildman–Crippen MR) is 122 cm³/mol. The Morgan fingerprint density at radius 2 is 1.85 bits per heavy atom. The minimum absolute atomic E-state index is 0.119. The molecule has 3 heterocycles. The summed E-state index contributed by atoms with van der Waals surface area (Å²) >= 11 is 0. The quantitative estimate of drug-likeness (QED) is 0.584. The lowest BCUT2D eigenvalue weighted by Crippen LogP contribution is -2.45. The van der Waals surface area contributed by atoms with Gasteiger partial charge in [0.2, 0.25) is 11.8 Å². The fourth-order valence-corrected chi connectivity index (χ4v) is 3.89. The highest BCUT2D eigenvalue weighted by molar-refractivity contribution is 5.90. The number of carbonyl (C=O) groups excluding carboxylic acids is 2. The highest BCUT2D eigenvalue weighted by atomic mass is 19.1. The van der Waals surface area contributed by atoms with E-state index in [2.05, 4.69) is 4.98 Å². The number of amides is 2. The number of fused-ring (bicyclic) bond motifs is 1. The number of primary amides is 1. The number of likely N-dealkylation sites (N-methyl/N-ethyl adjacent to an activating group) is 1. The third-order valence-electron chi connectivity index (χ3n) is 5.50. The summed E-state index contributed by atoms with van der Waals surface area (Å²) in [7, 11) is 3.82. The van der Waals surface area contributed by atoms with Gasteiger partial charge in [0.15, 0.2) is 0 Å². The first-order chi connectivity index (χ1) is 15.8. The van der Waals surface area contributed by atoms with E-state index in [9.17, 15) is 14.0 Å². The Morgan fingerprint density at radius 1 is 1.15 bits per heavy atom. The Labute approximate surface area is 191 Å². The number of nitrogens with zero attached hydrogens (tertiary/aromatic N) is 5. The molecule has 1 aromatic carbocycles. The second-order valence-electron chi connectivity index (χ2n) is 8.16. The van der Waals surface area contributed by atoms with Crippen molar-refractivity contribution in [3.05, 3.63) is 72.5 Å². The van der Waals surface area contributed by atoms with Gasteiger partial charge in [-0.25, -0.2) is 4.39 Å². The minimum atomic E-state index is -0.824. The molecule has 0 saturated heterocycles. The molecule has 0 spiro atoms. The zero-order chi connectivity index (χ0) is 23.5. The molecule has 0 saturated carbocycles. The largest absolute Gasteiger partial charge is 0.368 e. The van der Waals surface area contributed by atoms with Gasteiger partial charge in [0, 0.05) is 36.1 Å². The topological polar surface area (TPSA) is 97.3 Å². The maximum Gasteiger partial charge on any atom is 0.246 e. The molecule has 4 rings (SSSR count). The number of hydrogen-bond donors (Lipinski definition) is 1. The molecular formula is C24H25FN6O2. The highest BCUT2D eigenvalue weighted by Gasteiger charge is 2.35. The van der Waals surface area contributed by atoms with Crippen molar-refractivity contribution < 1.29 is 14.0 Å². The number of rotatable bonds is 6. The zero-order valence-corrected chi connectivity index (χ0v) is 18.5. The van der Waals surface area contributed by atoms with Gasteiger partial charge in [-0.15, -0.1) is 0 Å².